The smallest absolute Gasteiger partial charge is 0.161 e. The highest BCUT2D eigenvalue weighted by Crippen LogP contribution is 2.33. The number of hydrogen-bond acceptors (Lipinski definition) is 3. The van der Waals surface area contributed by atoms with Crippen LogP contribution in [0.5, 0.6) is 11.5 Å². The van der Waals surface area contributed by atoms with Crippen LogP contribution in [0.1, 0.15) is 17.2 Å². The second-order valence-electron chi connectivity index (χ2n) is 4.61. The molecule has 1 atom stereocenters. The van der Waals surface area contributed by atoms with E-state index in [1.165, 1.54) is 0 Å². The van der Waals surface area contributed by atoms with Gasteiger partial charge in [0.15, 0.2) is 11.5 Å². The number of hydrogen-bond donors (Lipinski definition) is 1. The molecule has 2 aromatic rings. The fourth-order valence-electron chi connectivity index (χ4n) is 2.22. The van der Waals surface area contributed by atoms with Gasteiger partial charge in [-0.1, -0.05) is 36.4 Å². The number of fused-ring (bicyclic) bond motifs is 1. The highest BCUT2D eigenvalue weighted by molar-refractivity contribution is 5.44. The minimum Gasteiger partial charge on any atom is -0.486 e. The van der Waals surface area contributed by atoms with Crippen LogP contribution >= 0.6 is 0 Å². The number of rotatable bonds is 3. The number of benzene rings is 2. The van der Waals surface area contributed by atoms with E-state index in [-0.39, 0.29) is 0 Å². The molecule has 1 aliphatic heterocycles. The third-order valence-corrected chi connectivity index (χ3v) is 3.22. The van der Waals surface area contributed by atoms with Crippen LogP contribution in [-0.4, -0.2) is 18.3 Å². The highest BCUT2D eigenvalue weighted by atomic mass is 16.6. The average Bonchev–Trinajstić information content (AvgIpc) is 2.48. The molecular weight excluding hydrogens is 240 g/mol. The van der Waals surface area contributed by atoms with Crippen LogP contribution in [0.2, 0.25) is 0 Å². The van der Waals surface area contributed by atoms with Gasteiger partial charge in [0.05, 0.1) is 6.10 Å². The molecule has 98 valence electrons. The lowest BCUT2D eigenvalue weighted by molar-refractivity contribution is 0.164. The van der Waals surface area contributed by atoms with Gasteiger partial charge in [-0.3, -0.25) is 0 Å². The zero-order chi connectivity index (χ0) is 13.1. The summed E-state index contributed by atoms with van der Waals surface area (Å²) >= 11 is 0. The monoisotopic (exact) mass is 256 g/mol. The minimum absolute atomic E-state index is 0.529. The molecule has 3 nitrogen and oxygen atoms in total. The molecule has 1 N–H and O–H groups in total. The molecule has 1 aliphatic rings. The first-order valence-electron chi connectivity index (χ1n) is 6.44. The molecular formula is C16H16O3. The largest absolute Gasteiger partial charge is 0.486 e. The van der Waals surface area contributed by atoms with E-state index in [0.717, 1.165) is 22.6 Å². The van der Waals surface area contributed by atoms with Crippen molar-refractivity contribution >= 4 is 0 Å². The van der Waals surface area contributed by atoms with E-state index in [4.69, 9.17) is 9.47 Å². The van der Waals surface area contributed by atoms with Gasteiger partial charge in [-0.05, 0) is 23.3 Å². The molecule has 2 aromatic carbocycles. The first kappa shape index (κ1) is 12.1. The number of aliphatic hydroxyl groups is 1. The molecule has 3 heteroatoms. The van der Waals surface area contributed by atoms with Crippen molar-refractivity contribution in [3.05, 3.63) is 59.7 Å². The van der Waals surface area contributed by atoms with Crippen molar-refractivity contribution in [1.82, 2.24) is 0 Å². The molecule has 0 aromatic heterocycles. The van der Waals surface area contributed by atoms with Crippen LogP contribution in [0.25, 0.3) is 0 Å². The van der Waals surface area contributed by atoms with E-state index >= 15 is 0 Å². The Morgan fingerprint density at radius 2 is 1.68 bits per heavy atom. The van der Waals surface area contributed by atoms with Crippen LogP contribution in [0, 0.1) is 0 Å². The molecule has 1 unspecified atom stereocenters. The van der Waals surface area contributed by atoms with Crippen molar-refractivity contribution < 1.29 is 14.6 Å². The Morgan fingerprint density at radius 3 is 2.47 bits per heavy atom. The minimum atomic E-state index is -0.529. The summed E-state index contributed by atoms with van der Waals surface area (Å²) < 4.78 is 11.0. The average molecular weight is 256 g/mol. The Hall–Kier alpha value is -2.00. The third kappa shape index (κ3) is 2.71. The molecule has 0 radical (unpaired) electrons. The summed E-state index contributed by atoms with van der Waals surface area (Å²) in [6, 6.07) is 15.6. The lowest BCUT2D eigenvalue weighted by Crippen LogP contribution is -2.15. The first-order valence-corrected chi connectivity index (χ1v) is 6.44. The Bertz CT molecular complexity index is 551. The van der Waals surface area contributed by atoms with Crippen LogP contribution in [0.4, 0.5) is 0 Å². The lowest BCUT2D eigenvalue weighted by Gasteiger charge is -2.20. The topological polar surface area (TPSA) is 38.7 Å². The molecule has 0 saturated heterocycles. The van der Waals surface area contributed by atoms with E-state index in [2.05, 4.69) is 0 Å². The SMILES string of the molecule is OC(Cc1ccccc1)c1ccc2c(c1)OCCO2. The molecule has 0 aliphatic carbocycles. The van der Waals surface area contributed by atoms with Gasteiger partial charge in [0.1, 0.15) is 13.2 Å². The van der Waals surface area contributed by atoms with Crippen molar-refractivity contribution in [2.75, 3.05) is 13.2 Å². The summed E-state index contributed by atoms with van der Waals surface area (Å²) in [4.78, 5) is 0. The standard InChI is InChI=1S/C16H16O3/c17-14(10-12-4-2-1-3-5-12)13-6-7-15-16(11-13)19-9-8-18-15/h1-7,11,14,17H,8-10H2. The van der Waals surface area contributed by atoms with Crippen molar-refractivity contribution in [2.45, 2.75) is 12.5 Å². The van der Waals surface area contributed by atoms with Gasteiger partial charge in [0.25, 0.3) is 0 Å². The number of ether oxygens (including phenoxy) is 2. The van der Waals surface area contributed by atoms with Crippen molar-refractivity contribution in [2.24, 2.45) is 0 Å². The summed E-state index contributed by atoms with van der Waals surface area (Å²) in [5.74, 6) is 1.47. The van der Waals surface area contributed by atoms with Gasteiger partial charge in [0, 0.05) is 6.42 Å². The summed E-state index contributed by atoms with van der Waals surface area (Å²) in [5, 5.41) is 10.3. The second kappa shape index (κ2) is 5.33. The molecule has 0 amide bonds. The van der Waals surface area contributed by atoms with Crippen LogP contribution in [-0.2, 0) is 6.42 Å². The van der Waals surface area contributed by atoms with E-state index in [0.29, 0.717) is 19.6 Å². The quantitative estimate of drug-likeness (QED) is 0.917. The van der Waals surface area contributed by atoms with Crippen LogP contribution in [0.15, 0.2) is 48.5 Å². The second-order valence-corrected chi connectivity index (χ2v) is 4.61. The van der Waals surface area contributed by atoms with Gasteiger partial charge < -0.3 is 14.6 Å². The van der Waals surface area contributed by atoms with Gasteiger partial charge >= 0.3 is 0 Å². The molecule has 0 saturated carbocycles. The number of aliphatic hydroxyl groups excluding tert-OH is 1. The van der Waals surface area contributed by atoms with Gasteiger partial charge in [-0.2, -0.15) is 0 Å². The normalized spacial score (nSPS) is 15.0. The predicted octanol–water partition coefficient (Wildman–Crippen LogP) is 2.73. The summed E-state index contributed by atoms with van der Waals surface area (Å²) in [7, 11) is 0. The van der Waals surface area contributed by atoms with Gasteiger partial charge in [0.2, 0.25) is 0 Å². The highest BCUT2D eigenvalue weighted by Gasteiger charge is 2.15. The summed E-state index contributed by atoms with van der Waals surface area (Å²) in [6.07, 6.45) is 0.0683. The van der Waals surface area contributed by atoms with Crippen LogP contribution in [0.3, 0.4) is 0 Å². The van der Waals surface area contributed by atoms with E-state index in [1.807, 2.05) is 48.5 Å². The van der Waals surface area contributed by atoms with Crippen molar-refractivity contribution in [1.29, 1.82) is 0 Å². The molecule has 0 spiro atoms. The molecule has 1 heterocycles. The fraction of sp³-hybridized carbons (Fsp3) is 0.250. The molecule has 19 heavy (non-hydrogen) atoms. The zero-order valence-corrected chi connectivity index (χ0v) is 10.6. The lowest BCUT2D eigenvalue weighted by atomic mass is 10.0. The van der Waals surface area contributed by atoms with Gasteiger partial charge in [-0.15, -0.1) is 0 Å². The third-order valence-electron chi connectivity index (χ3n) is 3.22. The summed E-state index contributed by atoms with van der Waals surface area (Å²) in [5.41, 5.74) is 1.97. The Labute approximate surface area is 112 Å². The Balaban J connectivity index is 1.78. The predicted molar refractivity (Wildman–Crippen MR) is 72.5 cm³/mol. The van der Waals surface area contributed by atoms with E-state index < -0.39 is 6.10 Å². The van der Waals surface area contributed by atoms with E-state index in [1.54, 1.807) is 0 Å². The maximum Gasteiger partial charge on any atom is 0.161 e. The zero-order valence-electron chi connectivity index (χ0n) is 10.6. The first-order chi connectivity index (χ1) is 9.33. The fourth-order valence-corrected chi connectivity index (χ4v) is 2.22. The molecule has 3 rings (SSSR count). The maximum atomic E-state index is 10.3. The molecule has 0 fully saturated rings. The summed E-state index contributed by atoms with van der Waals surface area (Å²) in [6.45, 7) is 1.14. The molecule has 0 bridgehead atoms. The van der Waals surface area contributed by atoms with E-state index in [9.17, 15) is 5.11 Å². The van der Waals surface area contributed by atoms with Crippen molar-refractivity contribution in [3.63, 3.8) is 0 Å². The van der Waals surface area contributed by atoms with Crippen LogP contribution < -0.4 is 9.47 Å². The van der Waals surface area contributed by atoms with Crippen molar-refractivity contribution in [3.8, 4) is 11.5 Å². The maximum absolute atomic E-state index is 10.3. The van der Waals surface area contributed by atoms with Gasteiger partial charge in [-0.25, -0.2) is 0 Å². The Kier molecular flexibility index (Phi) is 3.38. The Morgan fingerprint density at radius 1 is 0.947 bits per heavy atom.